The zero-order valence-corrected chi connectivity index (χ0v) is 12.6. The Labute approximate surface area is 126 Å². The van der Waals surface area contributed by atoms with Crippen LogP contribution in [0.25, 0.3) is 0 Å². The van der Waals surface area contributed by atoms with Crippen molar-refractivity contribution in [3.63, 3.8) is 0 Å². The molecule has 1 fully saturated rings. The van der Waals surface area contributed by atoms with Gasteiger partial charge in [0.05, 0.1) is 18.6 Å². The lowest BCUT2D eigenvalue weighted by Gasteiger charge is -2.33. The van der Waals surface area contributed by atoms with Crippen molar-refractivity contribution in [2.45, 2.75) is 44.7 Å². The molecule has 0 radical (unpaired) electrons. The van der Waals surface area contributed by atoms with Gasteiger partial charge in [-0.3, -0.25) is 10.1 Å². The molecular weight excluding hydrogens is 264 g/mol. The Morgan fingerprint density at radius 3 is 2.48 bits per heavy atom. The smallest absolute Gasteiger partial charge is 0.314 e. The second-order valence-electron chi connectivity index (χ2n) is 5.72. The van der Waals surface area contributed by atoms with Crippen LogP contribution in [0.1, 0.15) is 44.2 Å². The summed E-state index contributed by atoms with van der Waals surface area (Å²) in [5.41, 5.74) is 0.405. The van der Waals surface area contributed by atoms with Gasteiger partial charge in [0.2, 0.25) is 0 Å². The first-order valence-electron chi connectivity index (χ1n) is 7.43. The van der Waals surface area contributed by atoms with Gasteiger partial charge in [-0.25, -0.2) is 0 Å². The van der Waals surface area contributed by atoms with Gasteiger partial charge in [0.1, 0.15) is 6.04 Å². The van der Waals surface area contributed by atoms with Crippen LogP contribution in [0, 0.1) is 16.7 Å². The first kappa shape index (κ1) is 15.5. The quantitative estimate of drug-likeness (QED) is 0.845. The fourth-order valence-corrected chi connectivity index (χ4v) is 3.23. The topological polar surface area (TPSA) is 62.1 Å². The van der Waals surface area contributed by atoms with E-state index in [1.54, 1.807) is 0 Å². The molecule has 1 aliphatic carbocycles. The standard InChI is InChI=1S/C17H22N2O2/c1-13(14-8-4-3-5-9-14)19-15(12-18)17(16(20)21-2)10-6-7-11-17/h3-5,8-9,13,15,19H,6-7,10-11H2,1-2H3/t13-,15-/m0/s1. The Bertz CT molecular complexity index is 515. The van der Waals surface area contributed by atoms with Crippen molar-refractivity contribution in [1.29, 1.82) is 5.26 Å². The molecule has 1 aliphatic rings. The Morgan fingerprint density at radius 2 is 1.95 bits per heavy atom. The van der Waals surface area contributed by atoms with E-state index in [1.165, 1.54) is 7.11 Å². The van der Waals surface area contributed by atoms with Crippen LogP contribution in [0.4, 0.5) is 0 Å². The molecule has 1 aromatic rings. The van der Waals surface area contributed by atoms with Crippen LogP contribution in [0.5, 0.6) is 0 Å². The zero-order valence-electron chi connectivity index (χ0n) is 12.6. The number of esters is 1. The number of carbonyl (C=O) groups is 1. The third-order valence-corrected chi connectivity index (χ3v) is 4.49. The fraction of sp³-hybridized carbons (Fsp3) is 0.529. The van der Waals surface area contributed by atoms with Crippen LogP contribution in [-0.2, 0) is 9.53 Å². The van der Waals surface area contributed by atoms with E-state index in [0.717, 1.165) is 18.4 Å². The molecule has 1 aromatic carbocycles. The molecule has 0 amide bonds. The average Bonchev–Trinajstić information content (AvgIpc) is 3.03. The highest BCUT2D eigenvalue weighted by atomic mass is 16.5. The Kier molecular flexibility index (Phi) is 4.98. The van der Waals surface area contributed by atoms with Gasteiger partial charge < -0.3 is 4.74 Å². The normalized spacial score (nSPS) is 19.5. The summed E-state index contributed by atoms with van der Waals surface area (Å²) >= 11 is 0. The zero-order chi connectivity index (χ0) is 15.3. The molecule has 0 bridgehead atoms. The van der Waals surface area contributed by atoms with Crippen LogP contribution in [-0.4, -0.2) is 19.1 Å². The fourth-order valence-electron chi connectivity index (χ4n) is 3.23. The summed E-state index contributed by atoms with van der Waals surface area (Å²) in [6.45, 7) is 2.01. The minimum absolute atomic E-state index is 0.0120. The number of hydrogen-bond donors (Lipinski definition) is 1. The van der Waals surface area contributed by atoms with Crippen LogP contribution in [0.3, 0.4) is 0 Å². The van der Waals surface area contributed by atoms with Crippen LogP contribution in [0.2, 0.25) is 0 Å². The van der Waals surface area contributed by atoms with Gasteiger partial charge in [0.15, 0.2) is 0 Å². The number of hydrogen-bond acceptors (Lipinski definition) is 4. The first-order chi connectivity index (χ1) is 10.1. The largest absolute Gasteiger partial charge is 0.469 e. The monoisotopic (exact) mass is 286 g/mol. The van der Waals surface area contributed by atoms with Crippen LogP contribution < -0.4 is 5.32 Å². The summed E-state index contributed by atoms with van der Waals surface area (Å²) < 4.78 is 4.98. The maximum atomic E-state index is 12.2. The number of nitriles is 1. The lowest BCUT2D eigenvalue weighted by molar-refractivity contribution is -0.153. The summed E-state index contributed by atoms with van der Waals surface area (Å²) in [4.78, 5) is 12.2. The van der Waals surface area contributed by atoms with Gasteiger partial charge in [-0.15, -0.1) is 0 Å². The van der Waals surface area contributed by atoms with Crippen LogP contribution in [0.15, 0.2) is 30.3 Å². The molecule has 2 rings (SSSR count). The summed E-state index contributed by atoms with van der Waals surface area (Å²) in [6, 6.07) is 11.7. The second-order valence-corrected chi connectivity index (χ2v) is 5.72. The average molecular weight is 286 g/mol. The second kappa shape index (κ2) is 6.73. The van der Waals surface area contributed by atoms with Crippen molar-refractivity contribution >= 4 is 5.97 Å². The maximum Gasteiger partial charge on any atom is 0.314 e. The predicted octanol–water partition coefficient (Wildman–Crippen LogP) is 2.96. The minimum Gasteiger partial charge on any atom is -0.469 e. The van der Waals surface area contributed by atoms with Crippen molar-refractivity contribution in [1.82, 2.24) is 5.32 Å². The lowest BCUT2D eigenvalue weighted by atomic mass is 9.78. The van der Waals surface area contributed by atoms with E-state index in [4.69, 9.17) is 4.74 Å². The summed E-state index contributed by atoms with van der Waals surface area (Å²) in [5, 5.41) is 12.9. The lowest BCUT2D eigenvalue weighted by Crippen LogP contribution is -2.49. The molecule has 2 atom stereocenters. The molecule has 0 aliphatic heterocycles. The Morgan fingerprint density at radius 1 is 1.33 bits per heavy atom. The molecule has 0 saturated heterocycles. The van der Waals surface area contributed by atoms with Gasteiger partial charge in [-0.1, -0.05) is 43.2 Å². The number of methoxy groups -OCH3 is 1. The Hall–Kier alpha value is -1.86. The Balaban J connectivity index is 2.19. The van der Waals surface area contributed by atoms with Crippen molar-refractivity contribution in [2.24, 2.45) is 5.41 Å². The summed E-state index contributed by atoms with van der Waals surface area (Å²) in [6.07, 6.45) is 3.36. The van der Waals surface area contributed by atoms with Gasteiger partial charge in [0, 0.05) is 6.04 Å². The van der Waals surface area contributed by atoms with Crippen molar-refractivity contribution in [2.75, 3.05) is 7.11 Å². The number of ether oxygens (including phenoxy) is 1. The molecule has 0 unspecified atom stereocenters. The molecule has 0 heterocycles. The van der Waals surface area contributed by atoms with E-state index in [1.807, 2.05) is 37.3 Å². The predicted molar refractivity (Wildman–Crippen MR) is 80.3 cm³/mol. The van der Waals surface area contributed by atoms with E-state index in [2.05, 4.69) is 11.4 Å². The number of carbonyl (C=O) groups excluding carboxylic acids is 1. The van der Waals surface area contributed by atoms with E-state index < -0.39 is 11.5 Å². The molecular formula is C17H22N2O2. The minimum atomic E-state index is -0.702. The first-order valence-corrected chi connectivity index (χ1v) is 7.43. The number of benzene rings is 1. The molecule has 112 valence electrons. The third kappa shape index (κ3) is 3.08. The van der Waals surface area contributed by atoms with E-state index >= 15 is 0 Å². The van der Waals surface area contributed by atoms with Crippen molar-refractivity contribution in [3.8, 4) is 6.07 Å². The highest BCUT2D eigenvalue weighted by Crippen LogP contribution is 2.42. The van der Waals surface area contributed by atoms with Gasteiger partial charge in [0.25, 0.3) is 0 Å². The summed E-state index contributed by atoms with van der Waals surface area (Å²) in [5.74, 6) is -0.265. The van der Waals surface area contributed by atoms with Gasteiger partial charge >= 0.3 is 5.97 Å². The van der Waals surface area contributed by atoms with Crippen LogP contribution >= 0.6 is 0 Å². The highest BCUT2D eigenvalue weighted by Gasteiger charge is 2.49. The van der Waals surface area contributed by atoms with Crippen molar-refractivity contribution < 1.29 is 9.53 Å². The molecule has 21 heavy (non-hydrogen) atoms. The van der Waals surface area contributed by atoms with E-state index in [0.29, 0.717) is 12.8 Å². The molecule has 4 heteroatoms. The molecule has 4 nitrogen and oxygen atoms in total. The van der Waals surface area contributed by atoms with Gasteiger partial charge in [-0.2, -0.15) is 5.26 Å². The maximum absolute atomic E-state index is 12.2. The number of rotatable bonds is 5. The SMILES string of the molecule is COC(=O)C1([C@H](C#N)N[C@@H](C)c2ccccc2)CCCC1. The van der Waals surface area contributed by atoms with E-state index in [-0.39, 0.29) is 12.0 Å². The molecule has 1 saturated carbocycles. The molecule has 0 spiro atoms. The van der Waals surface area contributed by atoms with E-state index in [9.17, 15) is 10.1 Å². The summed E-state index contributed by atoms with van der Waals surface area (Å²) in [7, 11) is 1.40. The van der Waals surface area contributed by atoms with Crippen molar-refractivity contribution in [3.05, 3.63) is 35.9 Å². The third-order valence-electron chi connectivity index (χ3n) is 4.49. The van der Waals surface area contributed by atoms with Gasteiger partial charge in [-0.05, 0) is 25.3 Å². The molecule has 0 aromatic heterocycles. The molecule has 1 N–H and O–H groups in total. The highest BCUT2D eigenvalue weighted by molar-refractivity contribution is 5.78. The number of nitrogens with one attached hydrogen (secondary N) is 1. The number of nitrogens with zero attached hydrogens (tertiary/aromatic N) is 1.